The van der Waals surface area contributed by atoms with Crippen molar-refractivity contribution in [1.29, 1.82) is 0 Å². The molecule has 0 aromatic heterocycles. The fourth-order valence-electron chi connectivity index (χ4n) is 1.91. The number of rotatable bonds is 8. The van der Waals surface area contributed by atoms with E-state index >= 15 is 0 Å². The fourth-order valence-corrected chi connectivity index (χ4v) is 2.74. The lowest BCUT2D eigenvalue weighted by molar-refractivity contribution is 0.414. The number of benzene rings is 2. The standard InChI is InChI=1S/C17H21NOS/c1-19-16-9-7-15(8-10-16)11-12-18-13-14-20-17-5-3-2-4-6-17/h2-10,18H,11-14H2,1H3. The van der Waals surface area contributed by atoms with Crippen molar-refractivity contribution >= 4 is 11.8 Å². The van der Waals surface area contributed by atoms with Crippen LogP contribution in [0.15, 0.2) is 59.5 Å². The van der Waals surface area contributed by atoms with E-state index in [2.05, 4.69) is 47.8 Å². The highest BCUT2D eigenvalue weighted by molar-refractivity contribution is 7.99. The Morgan fingerprint density at radius 3 is 2.40 bits per heavy atom. The summed E-state index contributed by atoms with van der Waals surface area (Å²) < 4.78 is 5.15. The summed E-state index contributed by atoms with van der Waals surface area (Å²) in [4.78, 5) is 1.34. The Hall–Kier alpha value is -1.45. The summed E-state index contributed by atoms with van der Waals surface area (Å²) in [6.07, 6.45) is 1.06. The highest BCUT2D eigenvalue weighted by atomic mass is 32.2. The van der Waals surface area contributed by atoms with E-state index in [4.69, 9.17) is 4.74 Å². The van der Waals surface area contributed by atoms with Gasteiger partial charge in [-0.05, 0) is 42.8 Å². The summed E-state index contributed by atoms with van der Waals surface area (Å²) in [5.41, 5.74) is 1.34. The summed E-state index contributed by atoms with van der Waals surface area (Å²) in [5.74, 6) is 2.02. The summed E-state index contributed by atoms with van der Waals surface area (Å²) in [5, 5.41) is 3.48. The van der Waals surface area contributed by atoms with E-state index in [0.717, 1.165) is 31.0 Å². The van der Waals surface area contributed by atoms with Crippen molar-refractivity contribution in [3.05, 3.63) is 60.2 Å². The zero-order valence-electron chi connectivity index (χ0n) is 11.8. The molecule has 0 atom stereocenters. The highest BCUT2D eigenvalue weighted by Crippen LogP contribution is 2.15. The van der Waals surface area contributed by atoms with E-state index in [1.807, 2.05) is 23.9 Å². The lowest BCUT2D eigenvalue weighted by Gasteiger charge is -2.06. The van der Waals surface area contributed by atoms with Crippen LogP contribution in [0, 0.1) is 0 Å². The first-order valence-electron chi connectivity index (χ1n) is 6.90. The maximum atomic E-state index is 5.15. The van der Waals surface area contributed by atoms with Gasteiger partial charge in [-0.15, -0.1) is 11.8 Å². The average molecular weight is 287 g/mol. The van der Waals surface area contributed by atoms with Crippen LogP contribution < -0.4 is 10.1 Å². The SMILES string of the molecule is COc1ccc(CCNCCSc2ccccc2)cc1. The topological polar surface area (TPSA) is 21.3 Å². The molecule has 0 bridgehead atoms. The first-order chi connectivity index (χ1) is 9.88. The van der Waals surface area contributed by atoms with Gasteiger partial charge in [-0.1, -0.05) is 30.3 Å². The number of methoxy groups -OCH3 is 1. The summed E-state index contributed by atoms with van der Waals surface area (Å²) >= 11 is 1.89. The van der Waals surface area contributed by atoms with Gasteiger partial charge in [0.25, 0.3) is 0 Å². The molecule has 2 nitrogen and oxygen atoms in total. The van der Waals surface area contributed by atoms with Crippen molar-refractivity contribution < 1.29 is 4.74 Å². The molecular weight excluding hydrogens is 266 g/mol. The van der Waals surface area contributed by atoms with Gasteiger partial charge in [0.05, 0.1) is 7.11 Å². The van der Waals surface area contributed by atoms with Crippen LogP contribution in [0.2, 0.25) is 0 Å². The number of hydrogen-bond donors (Lipinski definition) is 1. The fraction of sp³-hybridized carbons (Fsp3) is 0.294. The molecule has 20 heavy (non-hydrogen) atoms. The van der Waals surface area contributed by atoms with E-state index in [1.165, 1.54) is 10.5 Å². The Balaban J connectivity index is 1.57. The minimum absolute atomic E-state index is 0.918. The predicted octanol–water partition coefficient (Wildman–Crippen LogP) is 3.62. The van der Waals surface area contributed by atoms with Crippen LogP contribution in [0.3, 0.4) is 0 Å². The van der Waals surface area contributed by atoms with Gasteiger partial charge in [-0.2, -0.15) is 0 Å². The number of hydrogen-bond acceptors (Lipinski definition) is 3. The van der Waals surface area contributed by atoms with Crippen molar-refractivity contribution in [2.24, 2.45) is 0 Å². The third kappa shape index (κ3) is 5.27. The van der Waals surface area contributed by atoms with E-state index in [1.54, 1.807) is 7.11 Å². The Morgan fingerprint density at radius 2 is 1.70 bits per heavy atom. The minimum Gasteiger partial charge on any atom is -0.497 e. The molecule has 106 valence electrons. The molecule has 0 fully saturated rings. The summed E-state index contributed by atoms with van der Waals surface area (Å²) in [6.45, 7) is 2.05. The number of nitrogens with one attached hydrogen (secondary N) is 1. The van der Waals surface area contributed by atoms with Crippen LogP contribution in [0.1, 0.15) is 5.56 Å². The molecular formula is C17H21NOS. The number of thioether (sulfide) groups is 1. The van der Waals surface area contributed by atoms with Crippen molar-refractivity contribution in [2.75, 3.05) is 26.0 Å². The lowest BCUT2D eigenvalue weighted by atomic mass is 10.1. The van der Waals surface area contributed by atoms with Gasteiger partial charge in [-0.25, -0.2) is 0 Å². The van der Waals surface area contributed by atoms with Crippen LogP contribution in [-0.4, -0.2) is 26.0 Å². The van der Waals surface area contributed by atoms with Crippen LogP contribution in [-0.2, 0) is 6.42 Å². The molecule has 0 unspecified atom stereocenters. The molecule has 0 aliphatic carbocycles. The molecule has 2 aromatic carbocycles. The third-order valence-electron chi connectivity index (χ3n) is 3.04. The van der Waals surface area contributed by atoms with Crippen molar-refractivity contribution in [1.82, 2.24) is 5.32 Å². The first-order valence-corrected chi connectivity index (χ1v) is 7.88. The van der Waals surface area contributed by atoms with Crippen LogP contribution in [0.5, 0.6) is 5.75 Å². The molecule has 0 saturated heterocycles. The molecule has 2 aromatic rings. The Kier molecular flexibility index (Phi) is 6.48. The molecule has 0 spiro atoms. The zero-order valence-corrected chi connectivity index (χ0v) is 12.7. The van der Waals surface area contributed by atoms with Gasteiger partial charge in [0.15, 0.2) is 0 Å². The van der Waals surface area contributed by atoms with Crippen molar-refractivity contribution in [2.45, 2.75) is 11.3 Å². The molecule has 0 saturated carbocycles. The van der Waals surface area contributed by atoms with E-state index in [9.17, 15) is 0 Å². The van der Waals surface area contributed by atoms with E-state index in [0.29, 0.717) is 0 Å². The van der Waals surface area contributed by atoms with Gasteiger partial charge in [0.2, 0.25) is 0 Å². The molecule has 0 amide bonds. The number of ether oxygens (including phenoxy) is 1. The Morgan fingerprint density at radius 1 is 0.950 bits per heavy atom. The lowest BCUT2D eigenvalue weighted by Crippen LogP contribution is -2.20. The molecule has 0 radical (unpaired) electrons. The van der Waals surface area contributed by atoms with Crippen molar-refractivity contribution in [3.63, 3.8) is 0 Å². The van der Waals surface area contributed by atoms with Gasteiger partial charge < -0.3 is 10.1 Å². The molecule has 3 heteroatoms. The second-order valence-electron chi connectivity index (χ2n) is 4.51. The zero-order chi connectivity index (χ0) is 14.0. The smallest absolute Gasteiger partial charge is 0.118 e. The second-order valence-corrected chi connectivity index (χ2v) is 5.68. The highest BCUT2D eigenvalue weighted by Gasteiger charge is 1.95. The van der Waals surface area contributed by atoms with E-state index < -0.39 is 0 Å². The van der Waals surface area contributed by atoms with Gasteiger partial charge in [0, 0.05) is 17.2 Å². The summed E-state index contributed by atoms with van der Waals surface area (Å²) in [7, 11) is 1.70. The van der Waals surface area contributed by atoms with Gasteiger partial charge >= 0.3 is 0 Å². The summed E-state index contributed by atoms with van der Waals surface area (Å²) in [6, 6.07) is 18.8. The molecule has 0 aliphatic rings. The Labute approximate surface area is 125 Å². The maximum Gasteiger partial charge on any atom is 0.118 e. The predicted molar refractivity (Wildman–Crippen MR) is 86.7 cm³/mol. The Bertz CT molecular complexity index is 484. The largest absolute Gasteiger partial charge is 0.497 e. The van der Waals surface area contributed by atoms with Crippen LogP contribution in [0.4, 0.5) is 0 Å². The second kappa shape index (κ2) is 8.67. The quantitative estimate of drug-likeness (QED) is 0.592. The van der Waals surface area contributed by atoms with Crippen molar-refractivity contribution in [3.8, 4) is 5.75 Å². The van der Waals surface area contributed by atoms with Gasteiger partial charge in [-0.3, -0.25) is 0 Å². The molecule has 0 aliphatic heterocycles. The van der Waals surface area contributed by atoms with Gasteiger partial charge in [0.1, 0.15) is 5.75 Å². The normalized spacial score (nSPS) is 10.4. The average Bonchev–Trinajstić information content (AvgIpc) is 2.52. The molecule has 1 N–H and O–H groups in total. The van der Waals surface area contributed by atoms with E-state index in [-0.39, 0.29) is 0 Å². The first kappa shape index (κ1) is 14.9. The van der Waals surface area contributed by atoms with Crippen LogP contribution >= 0.6 is 11.8 Å². The minimum atomic E-state index is 0.918. The monoisotopic (exact) mass is 287 g/mol. The maximum absolute atomic E-state index is 5.15. The third-order valence-corrected chi connectivity index (χ3v) is 4.05. The van der Waals surface area contributed by atoms with Crippen LogP contribution in [0.25, 0.3) is 0 Å². The molecule has 0 heterocycles. The molecule has 2 rings (SSSR count).